The van der Waals surface area contributed by atoms with Gasteiger partial charge in [-0.1, -0.05) is 18.5 Å². The smallest absolute Gasteiger partial charge is 0.270 e. The molecule has 2 unspecified atom stereocenters. The van der Waals surface area contributed by atoms with Crippen LogP contribution in [-0.4, -0.2) is 27.8 Å². The normalized spacial score (nSPS) is 27.2. The molecule has 100 valence electrons. The average molecular weight is 255 g/mol. The Labute approximate surface area is 104 Å². The zero-order valence-electron chi connectivity index (χ0n) is 10.2. The second kappa shape index (κ2) is 6.13. The number of hydrogen-bond donors (Lipinski definition) is 2. The third-order valence-corrected chi connectivity index (χ3v) is 3.31. The number of nitro groups is 1. The van der Waals surface area contributed by atoms with Crippen molar-refractivity contribution in [2.45, 2.75) is 38.6 Å². The number of nitrogens with two attached hydrogens (primary N) is 1. The monoisotopic (exact) mass is 255 g/mol. The topological polar surface area (TPSA) is 119 Å². The second-order valence-electron chi connectivity index (χ2n) is 4.43. The van der Waals surface area contributed by atoms with Crippen molar-refractivity contribution in [1.82, 2.24) is 0 Å². The van der Waals surface area contributed by atoms with Crippen molar-refractivity contribution in [2.75, 3.05) is 0 Å². The van der Waals surface area contributed by atoms with E-state index in [1.165, 1.54) is 6.08 Å². The van der Waals surface area contributed by atoms with Gasteiger partial charge >= 0.3 is 0 Å². The van der Waals surface area contributed by atoms with Crippen molar-refractivity contribution in [3.05, 3.63) is 21.8 Å². The Kier molecular flexibility index (Phi) is 4.82. The zero-order chi connectivity index (χ0) is 13.7. The molecular weight excluding hydrogens is 238 g/mol. The molecule has 1 aliphatic rings. The summed E-state index contributed by atoms with van der Waals surface area (Å²) in [5, 5.41) is 22.4. The minimum absolute atomic E-state index is 0.339. The average Bonchev–Trinajstić information content (AvgIpc) is 2.34. The largest absolute Gasteiger partial charge is 0.410 e. The van der Waals surface area contributed by atoms with Crippen LogP contribution in [0.15, 0.2) is 16.8 Å². The summed E-state index contributed by atoms with van der Waals surface area (Å²) in [6.07, 6.45) is 3.94. The van der Waals surface area contributed by atoms with E-state index < -0.39 is 11.9 Å². The van der Waals surface area contributed by atoms with Crippen molar-refractivity contribution >= 4 is 11.6 Å². The molecule has 1 saturated carbocycles. The minimum Gasteiger partial charge on any atom is -0.410 e. The number of primary amides is 1. The molecule has 0 aliphatic heterocycles. The highest BCUT2D eigenvalue weighted by Gasteiger charge is 2.33. The summed E-state index contributed by atoms with van der Waals surface area (Å²) in [7, 11) is 0. The SMILES string of the molecule is CCC1CCC([N+](=O)[O-])/C(=C/C(=N\O)C(N)=O)C1. The van der Waals surface area contributed by atoms with Gasteiger partial charge in [0.1, 0.15) is 0 Å². The van der Waals surface area contributed by atoms with E-state index in [9.17, 15) is 14.9 Å². The number of carbonyl (C=O) groups is 1. The molecule has 18 heavy (non-hydrogen) atoms. The molecule has 0 bridgehead atoms. The lowest BCUT2D eigenvalue weighted by molar-refractivity contribution is -0.515. The Morgan fingerprint density at radius 3 is 2.78 bits per heavy atom. The molecular formula is C11H17N3O4. The van der Waals surface area contributed by atoms with Crippen LogP contribution in [0, 0.1) is 16.0 Å². The summed E-state index contributed by atoms with van der Waals surface area (Å²) in [5.41, 5.74) is 5.17. The molecule has 0 radical (unpaired) electrons. The third kappa shape index (κ3) is 3.28. The van der Waals surface area contributed by atoms with E-state index in [0.717, 1.165) is 12.8 Å². The maximum Gasteiger partial charge on any atom is 0.270 e. The van der Waals surface area contributed by atoms with E-state index in [2.05, 4.69) is 5.16 Å². The summed E-state index contributed by atoms with van der Waals surface area (Å²) in [6.45, 7) is 2.02. The first-order chi connectivity index (χ1) is 8.49. The quantitative estimate of drug-likeness (QED) is 0.338. The zero-order valence-corrected chi connectivity index (χ0v) is 10.2. The highest BCUT2D eigenvalue weighted by atomic mass is 16.6. The summed E-state index contributed by atoms with van der Waals surface area (Å²) < 4.78 is 0. The van der Waals surface area contributed by atoms with E-state index in [1.807, 2.05) is 6.92 Å². The lowest BCUT2D eigenvalue weighted by atomic mass is 9.80. The number of oxime groups is 1. The van der Waals surface area contributed by atoms with Gasteiger partial charge in [-0.3, -0.25) is 14.9 Å². The highest BCUT2D eigenvalue weighted by molar-refractivity contribution is 6.42. The first-order valence-electron chi connectivity index (χ1n) is 5.85. The van der Waals surface area contributed by atoms with Crippen LogP contribution in [0.5, 0.6) is 0 Å². The lowest BCUT2D eigenvalue weighted by Gasteiger charge is -2.25. The molecule has 0 saturated heterocycles. The Morgan fingerprint density at radius 2 is 2.33 bits per heavy atom. The van der Waals surface area contributed by atoms with Gasteiger partial charge in [0, 0.05) is 16.9 Å². The van der Waals surface area contributed by atoms with Gasteiger partial charge in [-0.2, -0.15) is 0 Å². The fraction of sp³-hybridized carbons (Fsp3) is 0.636. The van der Waals surface area contributed by atoms with Crippen LogP contribution in [0.2, 0.25) is 0 Å². The van der Waals surface area contributed by atoms with Crippen LogP contribution in [0.4, 0.5) is 0 Å². The van der Waals surface area contributed by atoms with Crippen molar-refractivity contribution < 1.29 is 14.9 Å². The molecule has 7 nitrogen and oxygen atoms in total. The summed E-state index contributed by atoms with van der Waals surface area (Å²) in [6, 6.07) is -0.816. The van der Waals surface area contributed by atoms with E-state index in [1.54, 1.807) is 0 Å². The first kappa shape index (κ1) is 14.1. The second-order valence-corrected chi connectivity index (χ2v) is 4.43. The summed E-state index contributed by atoms with van der Waals surface area (Å²) >= 11 is 0. The Balaban J connectivity index is 3.00. The first-order valence-corrected chi connectivity index (χ1v) is 5.85. The van der Waals surface area contributed by atoms with Crippen LogP contribution >= 0.6 is 0 Å². The molecule has 0 aromatic rings. The molecule has 0 aromatic carbocycles. The van der Waals surface area contributed by atoms with Crippen LogP contribution in [0.1, 0.15) is 32.6 Å². The predicted octanol–water partition coefficient (Wildman–Crippen LogP) is 1.08. The fourth-order valence-corrected chi connectivity index (χ4v) is 2.22. The Morgan fingerprint density at radius 1 is 1.67 bits per heavy atom. The molecule has 0 heterocycles. The van der Waals surface area contributed by atoms with Crippen LogP contribution in [0.25, 0.3) is 0 Å². The van der Waals surface area contributed by atoms with Gasteiger partial charge in [0.05, 0.1) is 0 Å². The van der Waals surface area contributed by atoms with Crippen molar-refractivity contribution in [2.24, 2.45) is 16.8 Å². The fourth-order valence-electron chi connectivity index (χ4n) is 2.22. The van der Waals surface area contributed by atoms with Gasteiger partial charge in [0.25, 0.3) is 5.91 Å². The Bertz CT molecular complexity index is 403. The standard InChI is InChI=1S/C11H17N3O4/c1-2-7-3-4-10(14(17)18)8(5-7)6-9(13-16)11(12)15/h6-7,10,16H,2-5H2,1H3,(H2,12,15)/b8-6+,13-9+. The van der Waals surface area contributed by atoms with Crippen molar-refractivity contribution in [1.29, 1.82) is 0 Å². The van der Waals surface area contributed by atoms with Crippen molar-refractivity contribution in [3.63, 3.8) is 0 Å². The molecule has 1 amide bonds. The molecule has 1 aliphatic carbocycles. The predicted molar refractivity (Wildman–Crippen MR) is 64.9 cm³/mol. The number of amides is 1. The summed E-state index contributed by atoms with van der Waals surface area (Å²) in [5.74, 6) is -0.536. The third-order valence-electron chi connectivity index (χ3n) is 3.31. The van der Waals surface area contributed by atoms with E-state index in [4.69, 9.17) is 10.9 Å². The maximum absolute atomic E-state index is 10.9. The van der Waals surface area contributed by atoms with Crippen LogP contribution < -0.4 is 5.73 Å². The lowest BCUT2D eigenvalue weighted by Crippen LogP contribution is -2.30. The van der Waals surface area contributed by atoms with E-state index in [0.29, 0.717) is 24.3 Å². The molecule has 0 spiro atoms. The number of hydrogen-bond acceptors (Lipinski definition) is 5. The van der Waals surface area contributed by atoms with Gasteiger partial charge in [-0.25, -0.2) is 0 Å². The molecule has 0 aromatic heterocycles. The van der Waals surface area contributed by atoms with Crippen LogP contribution in [-0.2, 0) is 4.79 Å². The van der Waals surface area contributed by atoms with Crippen LogP contribution in [0.3, 0.4) is 0 Å². The number of carbonyl (C=O) groups excluding carboxylic acids is 1. The van der Waals surface area contributed by atoms with E-state index >= 15 is 0 Å². The maximum atomic E-state index is 10.9. The van der Waals surface area contributed by atoms with Crippen molar-refractivity contribution in [3.8, 4) is 0 Å². The van der Waals surface area contributed by atoms with Gasteiger partial charge in [-0.05, 0) is 24.8 Å². The molecule has 7 heteroatoms. The summed E-state index contributed by atoms with van der Waals surface area (Å²) in [4.78, 5) is 21.5. The molecule has 3 N–H and O–H groups in total. The van der Waals surface area contributed by atoms with Gasteiger partial charge in [0.2, 0.25) is 6.04 Å². The van der Waals surface area contributed by atoms with Gasteiger partial charge in [-0.15, -0.1) is 0 Å². The van der Waals surface area contributed by atoms with Gasteiger partial charge < -0.3 is 10.9 Å². The highest BCUT2D eigenvalue weighted by Crippen LogP contribution is 2.32. The molecule has 1 fully saturated rings. The number of rotatable bonds is 4. The number of nitrogens with zero attached hydrogens (tertiary/aromatic N) is 2. The van der Waals surface area contributed by atoms with Gasteiger partial charge in [0.15, 0.2) is 5.71 Å². The van der Waals surface area contributed by atoms with E-state index in [-0.39, 0.29) is 10.6 Å². The minimum atomic E-state index is -0.897. The Hall–Kier alpha value is -1.92. The molecule has 1 rings (SSSR count). The molecule has 2 atom stereocenters.